The van der Waals surface area contributed by atoms with Gasteiger partial charge in [0, 0.05) is 44.3 Å². The van der Waals surface area contributed by atoms with Gasteiger partial charge < -0.3 is 20.5 Å². The predicted molar refractivity (Wildman–Crippen MR) is 119 cm³/mol. The van der Waals surface area contributed by atoms with Crippen molar-refractivity contribution in [3.8, 4) is 0 Å². The average molecular weight is 471 g/mol. The van der Waals surface area contributed by atoms with Gasteiger partial charge in [0.25, 0.3) is 0 Å². The lowest BCUT2D eigenvalue weighted by Gasteiger charge is -2.13. The monoisotopic (exact) mass is 471 g/mol. The summed E-state index contributed by atoms with van der Waals surface area (Å²) >= 11 is 0. The summed E-state index contributed by atoms with van der Waals surface area (Å²) in [5.41, 5.74) is 2.43. The molecule has 1 heterocycles. The fourth-order valence-electron chi connectivity index (χ4n) is 2.50. The number of nitrogens with one attached hydrogen (secondary N) is 3. The normalized spacial score (nSPS) is 11.1. The summed E-state index contributed by atoms with van der Waals surface area (Å²) in [5.74, 6) is 0.691. The van der Waals surface area contributed by atoms with Crippen LogP contribution in [0.15, 0.2) is 35.5 Å². The van der Waals surface area contributed by atoms with Crippen LogP contribution in [-0.2, 0) is 11.2 Å². The number of rotatable bonds is 8. The van der Waals surface area contributed by atoms with Gasteiger partial charge in [-0.15, -0.1) is 24.0 Å². The number of carbonyl (C=O) groups is 1. The average Bonchev–Trinajstić information content (AvgIpc) is 3.02. The summed E-state index contributed by atoms with van der Waals surface area (Å²) in [4.78, 5) is 21.0. The first-order valence-electron chi connectivity index (χ1n) is 8.89. The Morgan fingerprint density at radius 2 is 1.92 bits per heavy atom. The summed E-state index contributed by atoms with van der Waals surface area (Å²) in [5, 5.41) is 7.88. The number of para-hydroxylation sites is 1. The van der Waals surface area contributed by atoms with Gasteiger partial charge in [-0.3, -0.25) is 4.79 Å². The number of halogens is 1. The number of aromatic amines is 1. The second-order valence-corrected chi connectivity index (χ2v) is 6.27. The molecule has 3 N–H and O–H groups in total. The number of carbonyl (C=O) groups excluding carboxylic acids is 1. The molecular weight excluding hydrogens is 441 g/mol. The molecule has 0 aliphatic rings. The van der Waals surface area contributed by atoms with Crippen molar-refractivity contribution in [1.82, 2.24) is 20.5 Å². The number of hydrogen-bond donors (Lipinski definition) is 3. The number of guanidine groups is 1. The lowest BCUT2D eigenvalue weighted by Crippen LogP contribution is -2.39. The molecule has 0 fully saturated rings. The molecule has 0 saturated heterocycles. The Hall–Kier alpha value is -1.77. The first-order chi connectivity index (χ1) is 12.1. The maximum Gasteiger partial charge on any atom is 0.243 e. The third kappa shape index (κ3) is 6.86. The van der Waals surface area contributed by atoms with Crippen molar-refractivity contribution in [3.63, 3.8) is 0 Å². The Balaban J connectivity index is 0.00000338. The Labute approximate surface area is 172 Å². The molecule has 2 rings (SSSR count). The minimum Gasteiger partial charge on any atom is -0.361 e. The van der Waals surface area contributed by atoms with E-state index in [9.17, 15) is 4.79 Å². The van der Waals surface area contributed by atoms with Crippen molar-refractivity contribution < 1.29 is 4.79 Å². The highest BCUT2D eigenvalue weighted by molar-refractivity contribution is 14.0. The van der Waals surface area contributed by atoms with Crippen LogP contribution in [0.2, 0.25) is 0 Å². The second-order valence-electron chi connectivity index (χ2n) is 6.27. The van der Waals surface area contributed by atoms with Crippen LogP contribution >= 0.6 is 24.0 Å². The largest absolute Gasteiger partial charge is 0.361 e. The molecule has 0 spiro atoms. The molecule has 0 saturated carbocycles. The van der Waals surface area contributed by atoms with Crippen molar-refractivity contribution in [2.45, 2.75) is 26.2 Å². The predicted octanol–water partition coefficient (Wildman–Crippen LogP) is 2.75. The van der Waals surface area contributed by atoms with E-state index < -0.39 is 0 Å². The number of fused-ring (bicyclic) bond motifs is 1. The smallest absolute Gasteiger partial charge is 0.243 e. The number of unbranched alkanes of at least 4 members (excludes halogenated alkanes) is 1. The number of hydrogen-bond acceptors (Lipinski definition) is 2. The molecule has 1 aromatic heterocycles. The molecular formula is C19H30IN5O. The van der Waals surface area contributed by atoms with E-state index in [4.69, 9.17) is 0 Å². The van der Waals surface area contributed by atoms with E-state index in [-0.39, 0.29) is 36.4 Å². The Kier molecular flexibility index (Phi) is 10.1. The van der Waals surface area contributed by atoms with Crippen molar-refractivity contribution in [1.29, 1.82) is 0 Å². The third-order valence-electron chi connectivity index (χ3n) is 4.06. The van der Waals surface area contributed by atoms with E-state index in [1.54, 1.807) is 19.0 Å². The van der Waals surface area contributed by atoms with Crippen molar-refractivity contribution >= 4 is 46.7 Å². The maximum atomic E-state index is 11.7. The molecule has 0 bridgehead atoms. The summed E-state index contributed by atoms with van der Waals surface area (Å²) in [7, 11) is 3.49. The summed E-state index contributed by atoms with van der Waals surface area (Å²) in [6, 6.07) is 8.30. The number of aliphatic imine (C=N–C) groups is 1. The first-order valence-corrected chi connectivity index (χ1v) is 8.89. The fraction of sp³-hybridized carbons (Fsp3) is 0.474. The SMILES string of the molecule is CCCCNC(=NCC(=O)N(C)C)NCCc1c[nH]c2ccccc12.I. The highest BCUT2D eigenvalue weighted by atomic mass is 127. The lowest BCUT2D eigenvalue weighted by atomic mass is 10.1. The molecule has 26 heavy (non-hydrogen) atoms. The van der Waals surface area contributed by atoms with Crippen LogP contribution in [0.25, 0.3) is 10.9 Å². The van der Waals surface area contributed by atoms with Gasteiger partial charge in [-0.1, -0.05) is 31.5 Å². The lowest BCUT2D eigenvalue weighted by molar-refractivity contribution is -0.127. The highest BCUT2D eigenvalue weighted by Crippen LogP contribution is 2.17. The Morgan fingerprint density at radius 1 is 1.19 bits per heavy atom. The van der Waals surface area contributed by atoms with Crippen molar-refractivity contribution in [2.75, 3.05) is 33.7 Å². The number of nitrogens with zero attached hydrogens (tertiary/aromatic N) is 2. The molecule has 144 valence electrons. The Morgan fingerprint density at radius 3 is 2.65 bits per heavy atom. The quantitative estimate of drug-likeness (QED) is 0.240. The van der Waals surface area contributed by atoms with Crippen LogP contribution in [-0.4, -0.2) is 55.5 Å². The summed E-state index contributed by atoms with van der Waals surface area (Å²) in [6.07, 6.45) is 5.14. The van der Waals surface area contributed by atoms with Gasteiger partial charge in [-0.2, -0.15) is 0 Å². The van der Waals surface area contributed by atoms with Gasteiger partial charge in [0.1, 0.15) is 6.54 Å². The minimum absolute atomic E-state index is 0. The number of benzene rings is 1. The second kappa shape index (κ2) is 11.8. The van der Waals surface area contributed by atoms with E-state index >= 15 is 0 Å². The van der Waals surface area contributed by atoms with Gasteiger partial charge >= 0.3 is 0 Å². The van der Waals surface area contributed by atoms with E-state index in [1.807, 2.05) is 6.07 Å². The van der Waals surface area contributed by atoms with Gasteiger partial charge in [0.05, 0.1) is 0 Å². The zero-order valence-corrected chi connectivity index (χ0v) is 18.2. The van der Waals surface area contributed by atoms with Crippen LogP contribution in [0.3, 0.4) is 0 Å². The van der Waals surface area contributed by atoms with Crippen LogP contribution in [0.1, 0.15) is 25.3 Å². The third-order valence-corrected chi connectivity index (χ3v) is 4.06. The van der Waals surface area contributed by atoms with Crippen LogP contribution in [0.4, 0.5) is 0 Å². The number of amides is 1. The molecule has 1 amide bonds. The zero-order valence-electron chi connectivity index (χ0n) is 15.8. The number of aromatic nitrogens is 1. The first kappa shape index (κ1) is 22.3. The molecule has 0 unspecified atom stereocenters. The van der Waals surface area contributed by atoms with Crippen molar-refractivity contribution in [3.05, 3.63) is 36.0 Å². The van der Waals surface area contributed by atoms with E-state index in [2.05, 4.69) is 51.9 Å². The van der Waals surface area contributed by atoms with E-state index in [0.717, 1.165) is 37.9 Å². The van der Waals surface area contributed by atoms with Gasteiger partial charge in [-0.05, 0) is 24.5 Å². The van der Waals surface area contributed by atoms with Gasteiger partial charge in [0.15, 0.2) is 5.96 Å². The number of likely N-dealkylation sites (N-methyl/N-ethyl adjacent to an activating group) is 1. The van der Waals surface area contributed by atoms with Gasteiger partial charge in [0.2, 0.25) is 5.91 Å². The van der Waals surface area contributed by atoms with Crippen LogP contribution < -0.4 is 10.6 Å². The highest BCUT2D eigenvalue weighted by Gasteiger charge is 2.06. The topological polar surface area (TPSA) is 72.5 Å². The van der Waals surface area contributed by atoms with Gasteiger partial charge in [-0.25, -0.2) is 4.99 Å². The van der Waals surface area contributed by atoms with Crippen molar-refractivity contribution in [2.24, 2.45) is 4.99 Å². The molecule has 0 aliphatic heterocycles. The van der Waals surface area contributed by atoms with E-state index in [1.165, 1.54) is 10.9 Å². The molecule has 1 aromatic carbocycles. The molecule has 0 radical (unpaired) electrons. The molecule has 6 nitrogen and oxygen atoms in total. The minimum atomic E-state index is -0.00628. The molecule has 0 aliphatic carbocycles. The van der Waals surface area contributed by atoms with Crippen LogP contribution in [0, 0.1) is 0 Å². The summed E-state index contributed by atoms with van der Waals surface area (Å²) < 4.78 is 0. The van der Waals surface area contributed by atoms with E-state index in [0.29, 0.717) is 5.96 Å². The molecule has 0 atom stereocenters. The number of H-pyrrole nitrogens is 1. The molecule has 2 aromatic rings. The summed E-state index contributed by atoms with van der Waals surface area (Å²) in [6.45, 7) is 3.92. The molecule has 7 heteroatoms. The standard InChI is InChI=1S/C19H29N5O.HI/c1-4-5-11-20-19(23-14-18(25)24(2)3)21-12-10-15-13-22-17-9-7-6-8-16(15)17;/h6-9,13,22H,4-5,10-12,14H2,1-3H3,(H2,20,21,23);1H. The van der Waals surface area contributed by atoms with Crippen LogP contribution in [0.5, 0.6) is 0 Å². The zero-order chi connectivity index (χ0) is 18.1. The maximum absolute atomic E-state index is 11.7. The fourth-order valence-corrected chi connectivity index (χ4v) is 2.50. The Bertz CT molecular complexity index is 711.